The molecule has 2 aromatic heterocycles. The molecule has 8 heteroatoms. The van der Waals surface area contributed by atoms with Crippen molar-refractivity contribution in [1.29, 1.82) is 0 Å². The molecule has 0 N–H and O–H groups in total. The lowest BCUT2D eigenvalue weighted by molar-refractivity contribution is -0.0585. The molecule has 1 aromatic carbocycles. The van der Waals surface area contributed by atoms with Crippen LogP contribution in [0.4, 0.5) is 0 Å². The molecule has 0 radical (unpaired) electrons. The number of para-hydroxylation sites is 1. The summed E-state index contributed by atoms with van der Waals surface area (Å²) in [4.78, 5) is 31.1. The number of ether oxygens (including phenoxy) is 2. The number of hydrogen-bond acceptors (Lipinski definition) is 7. The summed E-state index contributed by atoms with van der Waals surface area (Å²) in [5.41, 5.74) is -0.229. The van der Waals surface area contributed by atoms with Crippen LogP contribution >= 0.6 is 11.3 Å². The number of nitrogens with zero attached hydrogens (tertiary/aromatic N) is 2. The minimum absolute atomic E-state index is 0.0155. The first-order valence-corrected chi connectivity index (χ1v) is 9.02. The SMILES string of the molecule is O=C(c1cc2ccccc2oc1=O)N(Cc1nccs1)CC1OCCO1. The quantitative estimate of drug-likeness (QED) is 0.639. The van der Waals surface area contributed by atoms with Crippen molar-refractivity contribution in [1.82, 2.24) is 9.88 Å². The number of thiazole rings is 1. The Morgan fingerprint density at radius 1 is 1.27 bits per heavy atom. The molecule has 0 spiro atoms. The zero-order chi connectivity index (χ0) is 17.9. The molecule has 1 aliphatic heterocycles. The van der Waals surface area contributed by atoms with E-state index in [9.17, 15) is 9.59 Å². The van der Waals surface area contributed by atoms with Crippen molar-refractivity contribution >= 4 is 28.2 Å². The number of benzene rings is 1. The summed E-state index contributed by atoms with van der Waals surface area (Å²) >= 11 is 1.44. The molecule has 0 unspecified atom stereocenters. The van der Waals surface area contributed by atoms with Gasteiger partial charge >= 0.3 is 5.63 Å². The molecule has 0 bridgehead atoms. The number of carbonyl (C=O) groups is 1. The average Bonchev–Trinajstić information content (AvgIpc) is 3.34. The number of amides is 1. The third-order valence-corrected chi connectivity index (χ3v) is 4.79. The van der Waals surface area contributed by atoms with Gasteiger partial charge in [-0.05, 0) is 12.1 Å². The number of hydrogen-bond donors (Lipinski definition) is 0. The zero-order valence-electron chi connectivity index (χ0n) is 13.8. The molecule has 1 saturated heterocycles. The number of fused-ring (bicyclic) bond motifs is 1. The van der Waals surface area contributed by atoms with Crippen molar-refractivity contribution in [3.8, 4) is 0 Å². The van der Waals surface area contributed by atoms with Crippen molar-refractivity contribution in [2.45, 2.75) is 12.8 Å². The highest BCUT2D eigenvalue weighted by molar-refractivity contribution is 7.09. The van der Waals surface area contributed by atoms with Crippen molar-refractivity contribution in [3.63, 3.8) is 0 Å². The summed E-state index contributed by atoms with van der Waals surface area (Å²) < 4.78 is 16.2. The Morgan fingerprint density at radius 3 is 2.85 bits per heavy atom. The molecular weight excluding hydrogens is 356 g/mol. The van der Waals surface area contributed by atoms with Crippen molar-refractivity contribution < 1.29 is 18.7 Å². The lowest BCUT2D eigenvalue weighted by Gasteiger charge is -2.23. The van der Waals surface area contributed by atoms with Crippen LogP contribution in [0.5, 0.6) is 0 Å². The van der Waals surface area contributed by atoms with Crippen LogP contribution in [0.15, 0.2) is 51.1 Å². The minimum atomic E-state index is -0.661. The third kappa shape index (κ3) is 3.52. The van der Waals surface area contributed by atoms with Crippen LogP contribution in [0.1, 0.15) is 15.4 Å². The second-order valence-electron chi connectivity index (χ2n) is 5.77. The maximum Gasteiger partial charge on any atom is 0.349 e. The van der Waals surface area contributed by atoms with Gasteiger partial charge in [-0.15, -0.1) is 11.3 Å². The third-order valence-electron chi connectivity index (χ3n) is 4.03. The van der Waals surface area contributed by atoms with E-state index >= 15 is 0 Å². The van der Waals surface area contributed by atoms with E-state index in [1.807, 2.05) is 11.4 Å². The van der Waals surface area contributed by atoms with E-state index < -0.39 is 17.8 Å². The monoisotopic (exact) mass is 372 g/mol. The predicted molar refractivity (Wildman–Crippen MR) is 95.0 cm³/mol. The minimum Gasteiger partial charge on any atom is -0.422 e. The highest BCUT2D eigenvalue weighted by atomic mass is 32.1. The molecule has 3 aromatic rings. The second kappa shape index (κ2) is 7.36. The summed E-state index contributed by atoms with van der Waals surface area (Å²) in [6.45, 7) is 1.46. The fraction of sp³-hybridized carbons (Fsp3) is 0.278. The average molecular weight is 372 g/mol. The van der Waals surface area contributed by atoms with Crippen molar-refractivity contribution in [3.05, 3.63) is 62.9 Å². The number of rotatable bonds is 5. The van der Waals surface area contributed by atoms with E-state index in [-0.39, 0.29) is 18.7 Å². The van der Waals surface area contributed by atoms with Gasteiger partial charge in [-0.1, -0.05) is 18.2 Å². The van der Waals surface area contributed by atoms with E-state index in [0.29, 0.717) is 24.2 Å². The first-order valence-electron chi connectivity index (χ1n) is 8.14. The van der Waals surface area contributed by atoms with E-state index in [4.69, 9.17) is 13.9 Å². The van der Waals surface area contributed by atoms with E-state index in [1.165, 1.54) is 16.2 Å². The summed E-state index contributed by atoms with van der Waals surface area (Å²) in [5.74, 6) is -0.432. The van der Waals surface area contributed by atoms with Crippen LogP contribution in [0.25, 0.3) is 11.0 Å². The molecule has 0 atom stereocenters. The van der Waals surface area contributed by atoms with Gasteiger partial charge in [0.15, 0.2) is 6.29 Å². The highest BCUT2D eigenvalue weighted by Gasteiger charge is 2.27. The molecule has 1 amide bonds. The maximum absolute atomic E-state index is 13.1. The highest BCUT2D eigenvalue weighted by Crippen LogP contribution is 2.17. The predicted octanol–water partition coefficient (Wildman–Crippen LogP) is 2.26. The standard InChI is InChI=1S/C18H16N2O5S/c21-17(13-9-12-3-1-2-4-14(12)25-18(13)22)20(10-15-19-5-8-26-15)11-16-23-6-7-24-16/h1-5,8-9,16H,6-7,10-11H2. The van der Waals surface area contributed by atoms with Crippen molar-refractivity contribution in [2.24, 2.45) is 0 Å². The zero-order valence-corrected chi connectivity index (χ0v) is 14.6. The van der Waals surface area contributed by atoms with E-state index in [2.05, 4.69) is 4.98 Å². The summed E-state index contributed by atoms with van der Waals surface area (Å²) in [7, 11) is 0. The number of carbonyl (C=O) groups excluding carboxylic acids is 1. The Balaban J connectivity index is 1.66. The Labute approximate surface area is 152 Å². The molecule has 0 aliphatic carbocycles. The van der Waals surface area contributed by atoms with Gasteiger partial charge in [0, 0.05) is 17.0 Å². The van der Waals surface area contributed by atoms with Crippen LogP contribution in [-0.2, 0) is 16.0 Å². The first kappa shape index (κ1) is 16.9. The molecule has 26 heavy (non-hydrogen) atoms. The maximum atomic E-state index is 13.1. The molecule has 4 rings (SSSR count). The summed E-state index contributed by atoms with van der Waals surface area (Å²) in [5, 5.41) is 3.30. The topological polar surface area (TPSA) is 81.9 Å². The Kier molecular flexibility index (Phi) is 4.79. The van der Waals surface area contributed by atoms with Crippen LogP contribution < -0.4 is 5.63 Å². The van der Waals surface area contributed by atoms with Gasteiger partial charge in [0.05, 0.1) is 26.3 Å². The molecule has 1 aliphatic rings. The van der Waals surface area contributed by atoms with Crippen molar-refractivity contribution in [2.75, 3.05) is 19.8 Å². The Bertz CT molecular complexity index is 963. The van der Waals surface area contributed by atoms with Crippen LogP contribution in [0, 0.1) is 0 Å². The Morgan fingerprint density at radius 2 is 2.08 bits per heavy atom. The molecule has 3 heterocycles. The first-order chi connectivity index (χ1) is 12.7. The van der Waals surface area contributed by atoms with Gasteiger partial charge in [-0.3, -0.25) is 4.79 Å². The fourth-order valence-corrected chi connectivity index (χ4v) is 3.42. The number of aromatic nitrogens is 1. The lowest BCUT2D eigenvalue weighted by Crippen LogP contribution is -2.39. The van der Waals surface area contributed by atoms with E-state index in [0.717, 1.165) is 5.01 Å². The second-order valence-corrected chi connectivity index (χ2v) is 6.75. The summed E-state index contributed by atoms with van der Waals surface area (Å²) in [6, 6.07) is 8.65. The smallest absolute Gasteiger partial charge is 0.349 e. The van der Waals surface area contributed by atoms with Gasteiger partial charge in [0.1, 0.15) is 16.2 Å². The molecule has 0 saturated carbocycles. The molecule has 134 valence electrons. The van der Waals surface area contributed by atoms with Gasteiger partial charge in [0.25, 0.3) is 5.91 Å². The molecular formula is C18H16N2O5S. The van der Waals surface area contributed by atoms with Crippen LogP contribution in [0.3, 0.4) is 0 Å². The normalized spacial score (nSPS) is 14.8. The lowest BCUT2D eigenvalue weighted by atomic mass is 10.1. The van der Waals surface area contributed by atoms with Crippen LogP contribution in [-0.4, -0.2) is 41.8 Å². The molecule has 1 fully saturated rings. The van der Waals surface area contributed by atoms with Gasteiger partial charge in [-0.25, -0.2) is 9.78 Å². The van der Waals surface area contributed by atoms with Gasteiger partial charge in [-0.2, -0.15) is 0 Å². The largest absolute Gasteiger partial charge is 0.422 e. The van der Waals surface area contributed by atoms with Crippen LogP contribution in [0.2, 0.25) is 0 Å². The Hall–Kier alpha value is -2.55. The fourth-order valence-electron chi connectivity index (χ4n) is 2.79. The van der Waals surface area contributed by atoms with Gasteiger partial charge < -0.3 is 18.8 Å². The summed E-state index contributed by atoms with van der Waals surface area (Å²) in [6.07, 6.45) is 1.17. The molecule has 7 nitrogen and oxygen atoms in total. The van der Waals surface area contributed by atoms with Gasteiger partial charge in [0.2, 0.25) is 0 Å². The van der Waals surface area contributed by atoms with E-state index in [1.54, 1.807) is 30.5 Å².